The zero-order valence-electron chi connectivity index (χ0n) is 9.30. The molecule has 0 spiro atoms. The summed E-state index contributed by atoms with van der Waals surface area (Å²) in [6.45, 7) is 0. The van der Waals surface area contributed by atoms with Crippen molar-refractivity contribution >= 4 is 45.4 Å². The number of nitrogens with one attached hydrogen (secondary N) is 1. The lowest BCUT2D eigenvalue weighted by Crippen LogP contribution is -2.43. The highest BCUT2D eigenvalue weighted by atomic mass is 79.9. The highest BCUT2D eigenvalue weighted by Gasteiger charge is 2.34. The van der Waals surface area contributed by atoms with Gasteiger partial charge < -0.3 is 15.3 Å². The van der Waals surface area contributed by atoms with Crippen LogP contribution in [-0.2, 0) is 4.79 Å². The van der Waals surface area contributed by atoms with Crippen LogP contribution in [0.25, 0.3) is 0 Å². The van der Waals surface area contributed by atoms with Gasteiger partial charge in [0.2, 0.25) is 0 Å². The van der Waals surface area contributed by atoms with E-state index in [1.54, 1.807) is 18.2 Å². The molecule has 0 saturated carbocycles. The third kappa shape index (κ3) is 2.97. The van der Waals surface area contributed by atoms with Crippen molar-refractivity contribution in [1.82, 2.24) is 4.90 Å². The molecule has 18 heavy (non-hydrogen) atoms. The monoisotopic (exact) mass is 330 g/mol. The number of carbonyl (C=O) groups is 2. The van der Waals surface area contributed by atoms with Crippen LogP contribution in [0.15, 0.2) is 28.7 Å². The van der Waals surface area contributed by atoms with Crippen LogP contribution in [0.5, 0.6) is 0 Å². The minimum Gasteiger partial charge on any atom is -0.480 e. The number of aliphatic carboxylic acids is 1. The van der Waals surface area contributed by atoms with Crippen molar-refractivity contribution < 1.29 is 14.7 Å². The molecule has 0 aromatic heterocycles. The third-order valence-electron chi connectivity index (χ3n) is 2.50. The predicted molar refractivity (Wildman–Crippen MR) is 73.7 cm³/mol. The third-order valence-corrected chi connectivity index (χ3v) is 4.01. The molecule has 2 N–H and O–H groups in total. The van der Waals surface area contributed by atoms with Crippen LogP contribution in [0.2, 0.25) is 0 Å². The van der Waals surface area contributed by atoms with Gasteiger partial charge >= 0.3 is 12.0 Å². The van der Waals surface area contributed by atoms with Gasteiger partial charge in [-0.05, 0) is 18.2 Å². The molecule has 1 aromatic rings. The molecule has 0 radical (unpaired) electrons. The molecule has 1 heterocycles. The Balaban J connectivity index is 2.06. The summed E-state index contributed by atoms with van der Waals surface area (Å²) in [4.78, 5) is 24.3. The molecule has 0 bridgehead atoms. The number of benzene rings is 1. The molecule has 5 nitrogen and oxygen atoms in total. The summed E-state index contributed by atoms with van der Waals surface area (Å²) in [6.07, 6.45) is 0. The standard InChI is InChI=1S/C11H11BrN2O3S/c12-7-2-1-3-8(4-7)13-11(17)14-6-18-5-9(14)10(15)16/h1-4,9H,5-6H2,(H,13,17)(H,15,16)/t9-/m0/s1. The number of nitrogens with zero attached hydrogens (tertiary/aromatic N) is 1. The Bertz CT molecular complexity index is 483. The van der Waals surface area contributed by atoms with Gasteiger partial charge in [-0.1, -0.05) is 22.0 Å². The number of anilines is 1. The molecular formula is C11H11BrN2O3S. The second kappa shape index (κ2) is 5.62. The Morgan fingerprint density at radius 2 is 2.28 bits per heavy atom. The molecule has 1 aliphatic rings. The van der Waals surface area contributed by atoms with Gasteiger partial charge in [0.25, 0.3) is 0 Å². The zero-order valence-corrected chi connectivity index (χ0v) is 11.7. The van der Waals surface area contributed by atoms with Gasteiger partial charge in [-0.25, -0.2) is 9.59 Å². The molecule has 2 amide bonds. The van der Waals surface area contributed by atoms with Crippen molar-refractivity contribution in [2.24, 2.45) is 0 Å². The van der Waals surface area contributed by atoms with E-state index in [2.05, 4.69) is 21.2 Å². The maximum Gasteiger partial charge on any atom is 0.327 e. The van der Waals surface area contributed by atoms with Crippen molar-refractivity contribution in [3.8, 4) is 0 Å². The molecule has 1 aromatic carbocycles. The number of carbonyl (C=O) groups excluding carboxylic acids is 1. The van der Waals surface area contributed by atoms with Crippen LogP contribution in [0.1, 0.15) is 0 Å². The molecule has 2 rings (SSSR count). The second-order valence-electron chi connectivity index (χ2n) is 3.76. The minimum atomic E-state index is -0.968. The highest BCUT2D eigenvalue weighted by molar-refractivity contribution is 9.10. The lowest BCUT2D eigenvalue weighted by Gasteiger charge is -2.20. The average molecular weight is 331 g/mol. The smallest absolute Gasteiger partial charge is 0.327 e. The highest BCUT2D eigenvalue weighted by Crippen LogP contribution is 2.23. The van der Waals surface area contributed by atoms with Crippen LogP contribution in [0.4, 0.5) is 10.5 Å². The fourth-order valence-corrected chi connectivity index (χ4v) is 3.15. The van der Waals surface area contributed by atoms with Crippen molar-refractivity contribution in [1.29, 1.82) is 0 Å². The summed E-state index contributed by atoms with van der Waals surface area (Å²) in [5, 5.41) is 11.7. The first-order valence-corrected chi connectivity index (χ1v) is 7.16. The molecule has 96 valence electrons. The molecule has 1 aliphatic heterocycles. The first-order chi connectivity index (χ1) is 8.58. The SMILES string of the molecule is O=C(O)[C@@H]1CSCN1C(=O)Nc1cccc(Br)c1. The van der Waals surface area contributed by atoms with Gasteiger partial charge in [0.1, 0.15) is 6.04 Å². The Morgan fingerprint density at radius 1 is 1.50 bits per heavy atom. The summed E-state index contributed by atoms with van der Waals surface area (Å²) in [6, 6.07) is 6.03. The van der Waals surface area contributed by atoms with E-state index in [0.29, 0.717) is 17.3 Å². The van der Waals surface area contributed by atoms with Gasteiger partial charge in [-0.2, -0.15) is 0 Å². The first kappa shape index (κ1) is 13.2. The van der Waals surface area contributed by atoms with Crippen LogP contribution in [0, 0.1) is 0 Å². The molecule has 1 atom stereocenters. The van der Waals surface area contributed by atoms with E-state index in [0.717, 1.165) is 4.47 Å². The quantitative estimate of drug-likeness (QED) is 0.873. The number of carboxylic acid groups (broad SMARTS) is 1. The Morgan fingerprint density at radius 3 is 2.94 bits per heavy atom. The predicted octanol–water partition coefficient (Wildman–Crippen LogP) is 2.44. The van der Waals surface area contributed by atoms with Crippen molar-refractivity contribution in [3.63, 3.8) is 0 Å². The van der Waals surface area contributed by atoms with E-state index in [4.69, 9.17) is 5.11 Å². The summed E-state index contributed by atoms with van der Waals surface area (Å²) < 4.78 is 0.853. The van der Waals surface area contributed by atoms with Gasteiger partial charge in [-0.15, -0.1) is 11.8 Å². The maximum absolute atomic E-state index is 12.0. The van der Waals surface area contributed by atoms with Crippen LogP contribution < -0.4 is 5.32 Å². The number of urea groups is 1. The van der Waals surface area contributed by atoms with Crippen molar-refractivity contribution in [2.75, 3.05) is 16.9 Å². The molecule has 0 aliphatic carbocycles. The number of thioether (sulfide) groups is 1. The topological polar surface area (TPSA) is 69.6 Å². The number of carboxylic acids is 1. The summed E-state index contributed by atoms with van der Waals surface area (Å²) in [7, 11) is 0. The number of rotatable bonds is 2. The molecule has 1 fully saturated rings. The van der Waals surface area contributed by atoms with Gasteiger partial charge in [0.05, 0.1) is 5.88 Å². The fraction of sp³-hybridized carbons (Fsp3) is 0.273. The number of amides is 2. The van der Waals surface area contributed by atoms with E-state index in [9.17, 15) is 9.59 Å². The Kier molecular flexibility index (Phi) is 4.13. The van der Waals surface area contributed by atoms with E-state index in [1.807, 2.05) is 6.07 Å². The van der Waals surface area contributed by atoms with E-state index in [1.165, 1.54) is 16.7 Å². The van der Waals surface area contributed by atoms with Gasteiger partial charge in [-0.3, -0.25) is 0 Å². The minimum absolute atomic E-state index is 0.384. The van der Waals surface area contributed by atoms with Crippen molar-refractivity contribution in [3.05, 3.63) is 28.7 Å². The molecule has 7 heteroatoms. The Hall–Kier alpha value is -1.21. The van der Waals surface area contributed by atoms with Gasteiger partial charge in [0.15, 0.2) is 0 Å². The van der Waals surface area contributed by atoms with Crippen molar-refractivity contribution in [2.45, 2.75) is 6.04 Å². The molecular weight excluding hydrogens is 320 g/mol. The number of hydrogen-bond donors (Lipinski definition) is 2. The normalized spacial score (nSPS) is 18.7. The second-order valence-corrected chi connectivity index (χ2v) is 5.68. The Labute approximate surface area is 117 Å². The number of hydrogen-bond acceptors (Lipinski definition) is 3. The average Bonchev–Trinajstić information content (AvgIpc) is 2.77. The first-order valence-electron chi connectivity index (χ1n) is 5.21. The van der Waals surface area contributed by atoms with Crippen LogP contribution in [0.3, 0.4) is 0 Å². The lowest BCUT2D eigenvalue weighted by molar-refractivity contribution is -0.140. The van der Waals surface area contributed by atoms with Crippen LogP contribution >= 0.6 is 27.7 Å². The van der Waals surface area contributed by atoms with E-state index in [-0.39, 0.29) is 6.03 Å². The van der Waals surface area contributed by atoms with E-state index < -0.39 is 12.0 Å². The zero-order chi connectivity index (χ0) is 13.1. The molecule has 1 saturated heterocycles. The summed E-state index contributed by atoms with van der Waals surface area (Å²) >= 11 is 4.74. The molecule has 0 unspecified atom stereocenters. The maximum atomic E-state index is 12.0. The fourth-order valence-electron chi connectivity index (χ4n) is 1.61. The largest absolute Gasteiger partial charge is 0.480 e. The van der Waals surface area contributed by atoms with Gasteiger partial charge in [0, 0.05) is 15.9 Å². The van der Waals surface area contributed by atoms with E-state index >= 15 is 0 Å². The lowest BCUT2D eigenvalue weighted by atomic mass is 10.3. The summed E-state index contributed by atoms with van der Waals surface area (Å²) in [5.41, 5.74) is 0.635. The summed E-state index contributed by atoms with van der Waals surface area (Å²) in [5.74, 6) is -0.137. The van der Waals surface area contributed by atoms with Crippen LogP contribution in [-0.4, -0.2) is 39.7 Å². The number of halogens is 1.